The fourth-order valence-corrected chi connectivity index (χ4v) is 5.21. The quantitative estimate of drug-likeness (QED) is 0.589. The molecule has 4 rings (SSSR count). The minimum atomic E-state index is -3.39. The topological polar surface area (TPSA) is 98.8 Å². The van der Waals surface area contributed by atoms with Gasteiger partial charge in [0.2, 0.25) is 15.9 Å². The Bertz CT molecular complexity index is 1160. The van der Waals surface area contributed by atoms with E-state index in [0.29, 0.717) is 56.2 Å². The van der Waals surface area contributed by atoms with E-state index in [4.69, 9.17) is 11.6 Å². The summed E-state index contributed by atoms with van der Waals surface area (Å²) in [4.78, 5) is 29.6. The number of anilines is 1. The first-order valence-corrected chi connectivity index (χ1v) is 13.9. The average Bonchev–Trinajstić information content (AvgIpc) is 2.78. The van der Waals surface area contributed by atoms with E-state index in [1.807, 2.05) is 30.7 Å². The molecule has 0 saturated carbocycles. The molecular formula is C25H30ClN4O4S. The van der Waals surface area contributed by atoms with Crippen LogP contribution in [0.2, 0.25) is 5.02 Å². The van der Waals surface area contributed by atoms with E-state index >= 15 is 0 Å². The molecule has 2 aromatic rings. The number of sulfonamides is 1. The zero-order valence-electron chi connectivity index (χ0n) is 19.6. The number of nitrogens with zero attached hydrogens (tertiary/aromatic N) is 2. The molecule has 2 heterocycles. The van der Waals surface area contributed by atoms with Crippen molar-refractivity contribution >= 4 is 39.2 Å². The van der Waals surface area contributed by atoms with Crippen LogP contribution < -0.4 is 10.0 Å². The summed E-state index contributed by atoms with van der Waals surface area (Å²) in [7, 11) is -3.39. The highest BCUT2D eigenvalue weighted by Gasteiger charge is 2.32. The minimum absolute atomic E-state index is 0.112. The fraction of sp³-hybridized carbons (Fsp3) is 0.400. The molecule has 0 aliphatic carbocycles. The van der Waals surface area contributed by atoms with E-state index < -0.39 is 16.1 Å². The molecule has 8 nitrogen and oxygen atoms in total. The van der Waals surface area contributed by atoms with Crippen LogP contribution in [0.3, 0.4) is 0 Å². The number of benzene rings is 2. The summed E-state index contributed by atoms with van der Waals surface area (Å²) in [6.07, 6.45) is 4.92. The van der Waals surface area contributed by atoms with Crippen LogP contribution >= 0.6 is 11.6 Å². The normalized spacial score (nSPS) is 17.4. The predicted octanol–water partition coefficient (Wildman–Crippen LogP) is 3.26. The lowest BCUT2D eigenvalue weighted by Gasteiger charge is -2.36. The number of urea groups is 1. The lowest BCUT2D eigenvalue weighted by atomic mass is 9.88. The molecule has 10 heteroatoms. The van der Waals surface area contributed by atoms with Crippen molar-refractivity contribution in [2.75, 3.05) is 37.2 Å². The van der Waals surface area contributed by atoms with Crippen LogP contribution in [-0.2, 0) is 21.2 Å². The second kappa shape index (κ2) is 10.9. The number of hydrogen-bond acceptors (Lipinski definition) is 4. The van der Waals surface area contributed by atoms with Gasteiger partial charge in [0.1, 0.15) is 6.04 Å². The molecule has 2 N–H and O–H groups in total. The maximum absolute atomic E-state index is 13.5. The third-order valence-corrected chi connectivity index (χ3v) is 7.28. The number of carbonyl (C=O) groups is 2. The zero-order valence-corrected chi connectivity index (χ0v) is 21.2. The van der Waals surface area contributed by atoms with Gasteiger partial charge in [-0.2, -0.15) is 0 Å². The molecule has 187 valence electrons. The number of halogens is 1. The molecule has 0 unspecified atom stereocenters. The SMILES string of the molecule is CS(=O)(=O)Nc1ccccc1C1CCN(C(=O)[C@@H](Cc2ccc(Cl)cc2)NC(=O)N2C[CH]C2)CC1. The number of piperidine rings is 1. The van der Waals surface area contributed by atoms with Crippen molar-refractivity contribution in [3.63, 3.8) is 0 Å². The molecule has 0 bridgehead atoms. The first-order chi connectivity index (χ1) is 16.7. The van der Waals surface area contributed by atoms with E-state index in [1.165, 1.54) is 0 Å². The van der Waals surface area contributed by atoms with Crippen LogP contribution in [-0.4, -0.2) is 68.6 Å². The highest BCUT2D eigenvalue weighted by Crippen LogP contribution is 2.33. The third-order valence-electron chi connectivity index (χ3n) is 6.44. The molecule has 35 heavy (non-hydrogen) atoms. The van der Waals surface area contributed by atoms with Gasteiger partial charge in [-0.05, 0) is 48.1 Å². The van der Waals surface area contributed by atoms with Crippen LogP contribution in [0.5, 0.6) is 0 Å². The second-order valence-corrected chi connectivity index (χ2v) is 11.3. The Morgan fingerprint density at radius 1 is 1.03 bits per heavy atom. The van der Waals surface area contributed by atoms with Gasteiger partial charge in [0.15, 0.2) is 0 Å². The Balaban J connectivity index is 1.44. The second-order valence-electron chi connectivity index (χ2n) is 9.09. The van der Waals surface area contributed by atoms with Gasteiger partial charge in [0.05, 0.1) is 11.9 Å². The fourth-order valence-electron chi connectivity index (χ4n) is 4.50. The molecule has 2 fully saturated rings. The highest BCUT2D eigenvalue weighted by molar-refractivity contribution is 7.92. The molecule has 2 saturated heterocycles. The average molecular weight is 518 g/mol. The first-order valence-electron chi connectivity index (χ1n) is 11.7. The summed E-state index contributed by atoms with van der Waals surface area (Å²) >= 11 is 6.00. The number of hydrogen-bond donors (Lipinski definition) is 2. The predicted molar refractivity (Wildman–Crippen MR) is 137 cm³/mol. The summed E-state index contributed by atoms with van der Waals surface area (Å²) in [5, 5.41) is 3.54. The molecular weight excluding hydrogens is 488 g/mol. The van der Waals surface area contributed by atoms with Crippen molar-refractivity contribution < 1.29 is 18.0 Å². The van der Waals surface area contributed by atoms with Crippen molar-refractivity contribution in [2.24, 2.45) is 0 Å². The van der Waals surface area contributed by atoms with Gasteiger partial charge in [-0.3, -0.25) is 9.52 Å². The van der Waals surface area contributed by atoms with Gasteiger partial charge in [0.25, 0.3) is 0 Å². The summed E-state index contributed by atoms with van der Waals surface area (Å²) in [5.74, 6) is 0.0178. The lowest BCUT2D eigenvalue weighted by Crippen LogP contribution is -2.56. The van der Waals surface area contributed by atoms with Crippen LogP contribution in [0.15, 0.2) is 48.5 Å². The maximum Gasteiger partial charge on any atom is 0.318 e. The van der Waals surface area contributed by atoms with E-state index in [1.54, 1.807) is 34.1 Å². The number of nitrogens with one attached hydrogen (secondary N) is 2. The Morgan fingerprint density at radius 3 is 2.29 bits per heavy atom. The molecule has 1 atom stereocenters. The summed E-state index contributed by atoms with van der Waals surface area (Å²) in [6, 6.07) is 13.8. The van der Waals surface area contributed by atoms with Gasteiger partial charge < -0.3 is 15.1 Å². The number of carbonyl (C=O) groups excluding carboxylic acids is 2. The first kappa shape index (κ1) is 25.3. The summed E-state index contributed by atoms with van der Waals surface area (Å²) in [5.41, 5.74) is 2.43. The molecule has 0 aromatic heterocycles. The molecule has 2 aromatic carbocycles. The van der Waals surface area contributed by atoms with Crippen molar-refractivity contribution in [3.8, 4) is 0 Å². The summed E-state index contributed by atoms with van der Waals surface area (Å²) in [6.45, 7) is 2.22. The van der Waals surface area contributed by atoms with Gasteiger partial charge in [0, 0.05) is 44.0 Å². The van der Waals surface area contributed by atoms with Crippen LogP contribution in [0.1, 0.15) is 29.9 Å². The lowest BCUT2D eigenvalue weighted by molar-refractivity contribution is -0.134. The van der Waals surface area contributed by atoms with Gasteiger partial charge in [-0.1, -0.05) is 41.9 Å². The zero-order chi connectivity index (χ0) is 25.0. The Morgan fingerprint density at radius 2 is 1.69 bits per heavy atom. The van der Waals surface area contributed by atoms with Gasteiger partial charge in [-0.25, -0.2) is 13.2 Å². The van der Waals surface area contributed by atoms with Crippen LogP contribution in [0.25, 0.3) is 0 Å². The van der Waals surface area contributed by atoms with Crippen molar-refractivity contribution in [1.29, 1.82) is 0 Å². The van der Waals surface area contributed by atoms with E-state index in [9.17, 15) is 18.0 Å². The number of para-hydroxylation sites is 1. The molecule has 2 aliphatic heterocycles. The van der Waals surface area contributed by atoms with Crippen molar-refractivity contribution in [2.45, 2.75) is 31.2 Å². The Kier molecular flexibility index (Phi) is 7.86. The number of amides is 3. The minimum Gasteiger partial charge on any atom is -0.341 e. The van der Waals surface area contributed by atoms with E-state index in [-0.39, 0.29) is 17.9 Å². The number of likely N-dealkylation sites (tertiary alicyclic amines) is 2. The van der Waals surface area contributed by atoms with Crippen molar-refractivity contribution in [3.05, 3.63) is 71.1 Å². The van der Waals surface area contributed by atoms with E-state index in [0.717, 1.165) is 17.4 Å². The van der Waals surface area contributed by atoms with E-state index in [2.05, 4.69) is 10.0 Å². The van der Waals surface area contributed by atoms with Crippen LogP contribution in [0, 0.1) is 6.42 Å². The molecule has 1 radical (unpaired) electrons. The smallest absolute Gasteiger partial charge is 0.318 e. The third kappa shape index (κ3) is 6.67. The Hall–Kier alpha value is -2.78. The molecule has 2 aliphatic rings. The summed E-state index contributed by atoms with van der Waals surface area (Å²) < 4.78 is 26.1. The molecule has 0 spiro atoms. The maximum atomic E-state index is 13.5. The van der Waals surface area contributed by atoms with Crippen molar-refractivity contribution in [1.82, 2.24) is 15.1 Å². The molecule has 3 amide bonds. The van der Waals surface area contributed by atoms with Gasteiger partial charge >= 0.3 is 6.03 Å². The standard InChI is InChI=1S/C25H30ClN4O4S/c1-35(33,34)28-22-6-3-2-5-21(22)19-11-15-29(16-12-19)24(31)23(27-25(32)30-13-4-14-30)17-18-7-9-20(26)10-8-18/h2-10,19,23,28H,11-17H2,1H3,(H,27,32)/t23-/m1/s1. The number of rotatable bonds is 7. The highest BCUT2D eigenvalue weighted by atomic mass is 35.5. The largest absolute Gasteiger partial charge is 0.341 e. The monoisotopic (exact) mass is 517 g/mol. The van der Waals surface area contributed by atoms with Gasteiger partial charge in [-0.15, -0.1) is 0 Å². The Labute approximate surface area is 211 Å². The van der Waals surface area contributed by atoms with Crippen LogP contribution in [0.4, 0.5) is 10.5 Å².